The Hall–Kier alpha value is -1.36. The molecular weight excluding hydrogens is 240 g/mol. The van der Waals surface area contributed by atoms with E-state index in [1.807, 2.05) is 0 Å². The zero-order chi connectivity index (χ0) is 13.9. The number of rotatable bonds is 3. The molecule has 1 aromatic heterocycles. The molecular formula is C14H24N4O. The number of aromatic nitrogens is 2. The normalized spacial score (nSPS) is 16.5. The highest BCUT2D eigenvalue weighted by Gasteiger charge is 2.17. The Morgan fingerprint density at radius 3 is 2.58 bits per heavy atom. The molecule has 2 heterocycles. The van der Waals surface area contributed by atoms with Crippen LogP contribution in [0.5, 0.6) is 0 Å². The summed E-state index contributed by atoms with van der Waals surface area (Å²) in [5.74, 6) is 1.97. The minimum atomic E-state index is 0.249. The first kappa shape index (κ1) is 14.1. The van der Waals surface area contributed by atoms with Gasteiger partial charge in [0.1, 0.15) is 18.0 Å². The Morgan fingerprint density at radius 2 is 1.95 bits per heavy atom. The summed E-state index contributed by atoms with van der Waals surface area (Å²) >= 11 is 0. The predicted molar refractivity (Wildman–Crippen MR) is 77.8 cm³/mol. The first-order chi connectivity index (χ1) is 8.96. The number of nitrogens with zero attached hydrogens (tertiary/aromatic N) is 4. The van der Waals surface area contributed by atoms with Crippen molar-refractivity contribution >= 4 is 11.6 Å². The van der Waals surface area contributed by atoms with Crippen LogP contribution in [0.15, 0.2) is 12.4 Å². The van der Waals surface area contributed by atoms with E-state index >= 15 is 0 Å². The minimum Gasteiger partial charge on any atom is -0.378 e. The third-order valence-corrected chi connectivity index (χ3v) is 3.08. The molecule has 0 aromatic carbocycles. The average molecular weight is 264 g/mol. The lowest BCUT2D eigenvalue weighted by atomic mass is 9.96. The quantitative estimate of drug-likeness (QED) is 0.832. The van der Waals surface area contributed by atoms with E-state index in [1.165, 1.54) is 0 Å². The van der Waals surface area contributed by atoms with Crippen molar-refractivity contribution in [3.05, 3.63) is 12.4 Å². The Labute approximate surface area is 115 Å². The standard InChI is InChI=1S/C14H24N4O/c1-14(2,3)10-17(4)12-9-13(16-11-15-12)18-5-7-19-8-6-18/h9,11H,5-8,10H2,1-4H3. The number of hydrogen-bond donors (Lipinski definition) is 0. The average Bonchev–Trinajstić information content (AvgIpc) is 2.38. The van der Waals surface area contributed by atoms with E-state index in [0.29, 0.717) is 0 Å². The van der Waals surface area contributed by atoms with Gasteiger partial charge in [-0.2, -0.15) is 0 Å². The predicted octanol–water partition coefficient (Wildman–Crippen LogP) is 1.80. The summed E-state index contributed by atoms with van der Waals surface area (Å²) in [6.07, 6.45) is 1.65. The van der Waals surface area contributed by atoms with Crippen molar-refractivity contribution in [2.45, 2.75) is 20.8 Å². The van der Waals surface area contributed by atoms with Gasteiger partial charge >= 0.3 is 0 Å². The summed E-state index contributed by atoms with van der Waals surface area (Å²) in [7, 11) is 2.08. The molecule has 5 nitrogen and oxygen atoms in total. The van der Waals surface area contributed by atoms with Crippen molar-refractivity contribution in [1.82, 2.24) is 9.97 Å². The minimum absolute atomic E-state index is 0.249. The topological polar surface area (TPSA) is 41.5 Å². The van der Waals surface area contributed by atoms with Gasteiger partial charge in [-0.15, -0.1) is 0 Å². The number of hydrogen-bond acceptors (Lipinski definition) is 5. The second-order valence-electron chi connectivity index (χ2n) is 6.25. The molecule has 0 atom stereocenters. The van der Waals surface area contributed by atoms with Crippen molar-refractivity contribution < 1.29 is 4.74 Å². The van der Waals surface area contributed by atoms with E-state index in [-0.39, 0.29) is 5.41 Å². The van der Waals surface area contributed by atoms with Gasteiger partial charge in [-0.3, -0.25) is 0 Å². The van der Waals surface area contributed by atoms with Crippen LogP contribution in [0.4, 0.5) is 11.6 Å². The van der Waals surface area contributed by atoms with Gasteiger partial charge in [0.25, 0.3) is 0 Å². The molecule has 1 aromatic rings. The van der Waals surface area contributed by atoms with Crippen LogP contribution < -0.4 is 9.80 Å². The van der Waals surface area contributed by atoms with Crippen molar-refractivity contribution in [3.8, 4) is 0 Å². The largest absolute Gasteiger partial charge is 0.378 e. The van der Waals surface area contributed by atoms with E-state index < -0.39 is 0 Å². The second-order valence-corrected chi connectivity index (χ2v) is 6.25. The van der Waals surface area contributed by atoms with E-state index in [9.17, 15) is 0 Å². The molecule has 5 heteroatoms. The fourth-order valence-corrected chi connectivity index (χ4v) is 2.30. The van der Waals surface area contributed by atoms with Crippen LogP contribution in [0.25, 0.3) is 0 Å². The van der Waals surface area contributed by atoms with Gasteiger partial charge in [0.2, 0.25) is 0 Å². The molecule has 0 aliphatic carbocycles. The maximum Gasteiger partial charge on any atom is 0.134 e. The fourth-order valence-electron chi connectivity index (χ4n) is 2.30. The van der Waals surface area contributed by atoms with Crippen LogP contribution >= 0.6 is 0 Å². The lowest BCUT2D eigenvalue weighted by Gasteiger charge is -2.30. The van der Waals surface area contributed by atoms with Crippen molar-refractivity contribution in [2.24, 2.45) is 5.41 Å². The Bertz CT molecular complexity index is 410. The summed E-state index contributed by atoms with van der Waals surface area (Å²) in [4.78, 5) is 13.2. The van der Waals surface area contributed by atoms with Crippen molar-refractivity contribution in [3.63, 3.8) is 0 Å². The van der Waals surface area contributed by atoms with Crippen LogP contribution in [0.2, 0.25) is 0 Å². The maximum atomic E-state index is 5.37. The zero-order valence-electron chi connectivity index (χ0n) is 12.4. The van der Waals surface area contributed by atoms with E-state index in [1.54, 1.807) is 6.33 Å². The highest BCUT2D eigenvalue weighted by Crippen LogP contribution is 2.21. The third kappa shape index (κ3) is 4.06. The van der Waals surface area contributed by atoms with Gasteiger partial charge in [0.15, 0.2) is 0 Å². The summed E-state index contributed by atoms with van der Waals surface area (Å²) in [5.41, 5.74) is 0.249. The lowest BCUT2D eigenvalue weighted by Crippen LogP contribution is -2.37. The zero-order valence-corrected chi connectivity index (χ0v) is 12.4. The number of anilines is 2. The molecule has 1 aliphatic rings. The van der Waals surface area contributed by atoms with Gasteiger partial charge < -0.3 is 14.5 Å². The molecule has 0 N–H and O–H groups in total. The van der Waals surface area contributed by atoms with Crippen LogP contribution in [-0.4, -0.2) is 49.9 Å². The second kappa shape index (κ2) is 5.74. The van der Waals surface area contributed by atoms with E-state index in [4.69, 9.17) is 4.74 Å². The highest BCUT2D eigenvalue weighted by molar-refractivity contribution is 5.50. The molecule has 2 rings (SSSR count). The van der Waals surface area contributed by atoms with Crippen molar-refractivity contribution in [1.29, 1.82) is 0 Å². The Kier molecular flexibility index (Phi) is 4.24. The fraction of sp³-hybridized carbons (Fsp3) is 0.714. The summed E-state index contributed by atoms with van der Waals surface area (Å²) in [6, 6.07) is 2.07. The smallest absolute Gasteiger partial charge is 0.134 e. The molecule has 0 amide bonds. The number of morpholine rings is 1. The highest BCUT2D eigenvalue weighted by atomic mass is 16.5. The molecule has 1 aliphatic heterocycles. The number of ether oxygens (including phenoxy) is 1. The van der Waals surface area contributed by atoms with Gasteiger partial charge in [0.05, 0.1) is 13.2 Å². The first-order valence-corrected chi connectivity index (χ1v) is 6.81. The van der Waals surface area contributed by atoms with Crippen LogP contribution in [0.3, 0.4) is 0 Å². The summed E-state index contributed by atoms with van der Waals surface area (Å²) < 4.78 is 5.37. The molecule has 0 bridgehead atoms. The van der Waals surface area contributed by atoms with E-state index in [2.05, 4.69) is 53.7 Å². The lowest BCUT2D eigenvalue weighted by molar-refractivity contribution is 0.122. The molecule has 0 unspecified atom stereocenters. The first-order valence-electron chi connectivity index (χ1n) is 6.81. The maximum absolute atomic E-state index is 5.37. The Balaban J connectivity index is 2.09. The molecule has 106 valence electrons. The van der Waals surface area contributed by atoms with Gasteiger partial charge in [-0.1, -0.05) is 20.8 Å². The monoisotopic (exact) mass is 264 g/mol. The molecule has 0 radical (unpaired) electrons. The van der Waals surface area contributed by atoms with Crippen LogP contribution in [0.1, 0.15) is 20.8 Å². The van der Waals surface area contributed by atoms with Crippen LogP contribution in [-0.2, 0) is 4.74 Å². The van der Waals surface area contributed by atoms with Crippen molar-refractivity contribution in [2.75, 3.05) is 49.7 Å². The van der Waals surface area contributed by atoms with Crippen LogP contribution in [0, 0.1) is 5.41 Å². The summed E-state index contributed by atoms with van der Waals surface area (Å²) in [5, 5.41) is 0. The molecule has 19 heavy (non-hydrogen) atoms. The SMILES string of the molecule is CN(CC(C)(C)C)c1cc(N2CCOCC2)ncn1. The van der Waals surface area contributed by atoms with Gasteiger partial charge in [-0.25, -0.2) is 9.97 Å². The molecule has 1 saturated heterocycles. The van der Waals surface area contributed by atoms with E-state index in [0.717, 1.165) is 44.5 Å². The Morgan fingerprint density at radius 1 is 1.26 bits per heavy atom. The molecule has 0 spiro atoms. The molecule has 1 fully saturated rings. The third-order valence-electron chi connectivity index (χ3n) is 3.08. The van der Waals surface area contributed by atoms with Gasteiger partial charge in [-0.05, 0) is 5.41 Å². The molecule has 0 saturated carbocycles. The summed E-state index contributed by atoms with van der Waals surface area (Å²) in [6.45, 7) is 11.0. The van der Waals surface area contributed by atoms with Gasteiger partial charge in [0, 0.05) is 32.7 Å².